The summed E-state index contributed by atoms with van der Waals surface area (Å²) < 4.78 is 7.46. The molecule has 33 heavy (non-hydrogen) atoms. The molecule has 2 amide bonds. The summed E-state index contributed by atoms with van der Waals surface area (Å²) in [7, 11) is 0. The van der Waals surface area contributed by atoms with Crippen molar-refractivity contribution in [2.45, 2.75) is 91.5 Å². The Hall–Kier alpha value is -2.71. The lowest BCUT2D eigenvalue weighted by atomic mass is 9.93. The molecule has 0 spiro atoms. The van der Waals surface area contributed by atoms with Gasteiger partial charge in [0.2, 0.25) is 5.88 Å². The first-order chi connectivity index (χ1) is 15.7. The van der Waals surface area contributed by atoms with Gasteiger partial charge in [0.1, 0.15) is 5.56 Å². The molecule has 1 aliphatic rings. The number of ether oxygens (including phenoxy) is 1. The third-order valence-electron chi connectivity index (χ3n) is 5.86. The fourth-order valence-corrected chi connectivity index (χ4v) is 3.75. The molecule has 1 aromatic heterocycles. The van der Waals surface area contributed by atoms with Crippen molar-refractivity contribution in [2.75, 3.05) is 6.61 Å². The highest BCUT2D eigenvalue weighted by atomic mass is 16.5. The molecule has 0 bridgehead atoms. The van der Waals surface area contributed by atoms with E-state index in [9.17, 15) is 9.59 Å². The topological polar surface area (TPSA) is 121 Å². The predicted octanol–water partition coefficient (Wildman–Crippen LogP) is 5.10. The van der Waals surface area contributed by atoms with E-state index >= 15 is 0 Å². The van der Waals surface area contributed by atoms with Gasteiger partial charge in [0, 0.05) is 12.2 Å². The van der Waals surface area contributed by atoms with Crippen molar-refractivity contribution in [3.8, 4) is 5.88 Å². The highest BCUT2D eigenvalue weighted by Gasteiger charge is 2.26. The Bertz CT molecular complexity index is 805. The van der Waals surface area contributed by atoms with Crippen LogP contribution in [0.1, 0.15) is 95.8 Å². The average molecular weight is 461 g/mol. The second-order valence-corrected chi connectivity index (χ2v) is 9.83. The van der Waals surface area contributed by atoms with E-state index in [4.69, 9.17) is 10.3 Å². The lowest BCUT2D eigenvalue weighted by molar-refractivity contribution is -0.127. The third kappa shape index (κ3) is 8.63. The van der Waals surface area contributed by atoms with Gasteiger partial charge in [0.15, 0.2) is 0 Å². The second-order valence-electron chi connectivity index (χ2n) is 9.83. The maximum atomic E-state index is 13.2. The Kier molecular flexibility index (Phi) is 10.5. The summed E-state index contributed by atoms with van der Waals surface area (Å²) in [5.74, 6) is 0.0334. The largest absolute Gasteiger partial charge is 0.477 e. The molecule has 0 atom stereocenters. The SMILES string of the molecule is CC(C)COc1c(C(=O)NC2CCCCCCCCC2)cnn1/C=C/C(C)(C)C(=O)NN=N. The van der Waals surface area contributed by atoms with E-state index in [0.29, 0.717) is 18.1 Å². The van der Waals surface area contributed by atoms with E-state index in [1.165, 1.54) is 43.0 Å². The van der Waals surface area contributed by atoms with Crippen LogP contribution in [0, 0.1) is 16.9 Å². The molecule has 0 aromatic carbocycles. The Morgan fingerprint density at radius 2 is 1.82 bits per heavy atom. The first-order valence-corrected chi connectivity index (χ1v) is 12.1. The van der Waals surface area contributed by atoms with E-state index in [0.717, 1.165) is 25.7 Å². The van der Waals surface area contributed by atoms with E-state index in [-0.39, 0.29) is 17.9 Å². The molecule has 9 nitrogen and oxygen atoms in total. The van der Waals surface area contributed by atoms with E-state index in [2.05, 4.69) is 21.1 Å². The maximum absolute atomic E-state index is 13.2. The number of nitrogens with one attached hydrogen (secondary N) is 3. The number of aromatic nitrogens is 2. The van der Waals surface area contributed by atoms with Gasteiger partial charge in [-0.15, -0.1) is 0 Å². The molecule has 184 valence electrons. The number of hydrogen-bond acceptors (Lipinski definition) is 6. The van der Waals surface area contributed by atoms with E-state index in [1.54, 1.807) is 26.1 Å². The summed E-state index contributed by atoms with van der Waals surface area (Å²) in [6.07, 6.45) is 15.3. The Morgan fingerprint density at radius 1 is 1.21 bits per heavy atom. The molecule has 0 saturated heterocycles. The van der Waals surface area contributed by atoms with Crippen LogP contribution >= 0.6 is 0 Å². The van der Waals surface area contributed by atoms with Crippen molar-refractivity contribution in [2.24, 2.45) is 16.6 Å². The summed E-state index contributed by atoms with van der Waals surface area (Å²) in [6, 6.07) is 0.156. The minimum absolute atomic E-state index is 0.156. The van der Waals surface area contributed by atoms with Crippen molar-refractivity contribution >= 4 is 18.0 Å². The predicted molar refractivity (Wildman–Crippen MR) is 128 cm³/mol. The molecule has 1 fully saturated rings. The van der Waals surface area contributed by atoms with Crippen molar-refractivity contribution in [1.29, 1.82) is 5.53 Å². The first-order valence-electron chi connectivity index (χ1n) is 12.1. The van der Waals surface area contributed by atoms with Gasteiger partial charge in [-0.1, -0.05) is 70.1 Å². The monoisotopic (exact) mass is 460 g/mol. The van der Waals surface area contributed by atoms with Gasteiger partial charge in [-0.25, -0.2) is 10.1 Å². The second kappa shape index (κ2) is 13.1. The molecule has 0 unspecified atom stereocenters. The molecule has 3 N–H and O–H groups in total. The number of carbonyl (C=O) groups excluding carboxylic acids is 2. The summed E-state index contributed by atoms with van der Waals surface area (Å²) in [6.45, 7) is 7.91. The summed E-state index contributed by atoms with van der Waals surface area (Å²) in [5.41, 5.74) is 8.43. The highest BCUT2D eigenvalue weighted by molar-refractivity contribution is 5.96. The Balaban J connectivity index is 2.20. The highest BCUT2D eigenvalue weighted by Crippen LogP contribution is 2.24. The van der Waals surface area contributed by atoms with Crippen LogP contribution in [0.25, 0.3) is 6.20 Å². The van der Waals surface area contributed by atoms with Crippen LogP contribution in [-0.4, -0.2) is 34.2 Å². The average Bonchev–Trinajstić information content (AvgIpc) is 3.18. The molecule has 9 heteroatoms. The molecular formula is C24H40N6O3. The normalized spacial score (nSPS) is 16.5. The van der Waals surface area contributed by atoms with Crippen LogP contribution in [-0.2, 0) is 4.79 Å². The molecule has 1 aromatic rings. The van der Waals surface area contributed by atoms with Gasteiger partial charge in [0.25, 0.3) is 11.8 Å². The van der Waals surface area contributed by atoms with Crippen LogP contribution in [0.2, 0.25) is 0 Å². The summed E-state index contributed by atoms with van der Waals surface area (Å²) in [4.78, 5) is 25.3. The Morgan fingerprint density at radius 3 is 2.39 bits per heavy atom. The number of amides is 2. The zero-order valence-corrected chi connectivity index (χ0v) is 20.5. The summed E-state index contributed by atoms with van der Waals surface area (Å²) >= 11 is 0. The van der Waals surface area contributed by atoms with Crippen LogP contribution in [0.4, 0.5) is 0 Å². The van der Waals surface area contributed by atoms with Gasteiger partial charge in [-0.2, -0.15) is 10.6 Å². The van der Waals surface area contributed by atoms with E-state index in [1.807, 2.05) is 13.8 Å². The smallest absolute Gasteiger partial charge is 0.258 e. The van der Waals surface area contributed by atoms with Gasteiger partial charge >= 0.3 is 0 Å². The minimum atomic E-state index is -0.926. The summed E-state index contributed by atoms with van der Waals surface area (Å²) in [5, 5.41) is 10.5. The van der Waals surface area contributed by atoms with Crippen LogP contribution in [0.3, 0.4) is 0 Å². The maximum Gasteiger partial charge on any atom is 0.258 e. The van der Waals surface area contributed by atoms with Crippen molar-refractivity contribution in [3.63, 3.8) is 0 Å². The van der Waals surface area contributed by atoms with Crippen LogP contribution in [0.15, 0.2) is 17.5 Å². The van der Waals surface area contributed by atoms with Gasteiger partial charge in [-0.3, -0.25) is 9.59 Å². The third-order valence-corrected chi connectivity index (χ3v) is 5.86. The molecule has 1 aliphatic carbocycles. The number of carbonyl (C=O) groups is 2. The quantitative estimate of drug-likeness (QED) is 0.350. The van der Waals surface area contributed by atoms with Crippen molar-refractivity contribution < 1.29 is 14.3 Å². The molecule has 1 saturated carbocycles. The Labute approximate surface area is 197 Å². The lowest BCUT2D eigenvalue weighted by Crippen LogP contribution is -2.35. The zero-order chi connectivity index (χ0) is 24.3. The number of hydrogen-bond donors (Lipinski definition) is 3. The first kappa shape index (κ1) is 26.5. The molecule has 0 radical (unpaired) electrons. The fraction of sp³-hybridized carbons (Fsp3) is 0.708. The standard InChI is InChI=1S/C24H40N6O3/c1-18(2)17-33-22-20(16-26-30(22)15-14-24(3,4)23(32)28-29-25)21(31)27-19-12-10-8-6-5-7-9-11-13-19/h14-16,18-19H,5-13,17H2,1-4H3,(H,27,31)(H2,25,28,32)/b15-14+. The number of rotatable bonds is 9. The van der Waals surface area contributed by atoms with E-state index < -0.39 is 11.3 Å². The van der Waals surface area contributed by atoms with Crippen molar-refractivity contribution in [1.82, 2.24) is 20.5 Å². The van der Waals surface area contributed by atoms with Crippen LogP contribution in [0.5, 0.6) is 5.88 Å². The van der Waals surface area contributed by atoms with Crippen LogP contribution < -0.4 is 15.5 Å². The fourth-order valence-electron chi connectivity index (χ4n) is 3.75. The lowest BCUT2D eigenvalue weighted by Gasteiger charge is -2.20. The van der Waals surface area contributed by atoms with Gasteiger partial charge in [-0.05, 0) is 32.6 Å². The molecular weight excluding hydrogens is 420 g/mol. The van der Waals surface area contributed by atoms with Gasteiger partial charge in [0.05, 0.1) is 18.2 Å². The minimum Gasteiger partial charge on any atom is -0.477 e. The van der Waals surface area contributed by atoms with Gasteiger partial charge < -0.3 is 10.1 Å². The molecule has 1 heterocycles. The number of nitrogens with zero attached hydrogens (tertiary/aromatic N) is 3. The molecule has 2 rings (SSSR count). The van der Waals surface area contributed by atoms with Crippen molar-refractivity contribution in [3.05, 3.63) is 17.8 Å². The molecule has 0 aliphatic heterocycles. The zero-order valence-electron chi connectivity index (χ0n) is 20.5.